The van der Waals surface area contributed by atoms with Crippen LogP contribution in [0.1, 0.15) is 19.3 Å². The van der Waals surface area contributed by atoms with Gasteiger partial charge in [0, 0.05) is 17.3 Å². The first-order valence-corrected chi connectivity index (χ1v) is 6.92. The molecular formula is C9H16NS2. The molecule has 0 atom stereocenters. The van der Waals surface area contributed by atoms with E-state index in [-0.39, 0.29) is 0 Å². The van der Waals surface area contributed by atoms with Crippen LogP contribution in [-0.2, 0) is 0 Å². The van der Waals surface area contributed by atoms with Crippen LogP contribution in [0.5, 0.6) is 0 Å². The van der Waals surface area contributed by atoms with E-state index in [2.05, 4.69) is 28.4 Å². The Morgan fingerprint density at radius 3 is 2.50 bits per heavy atom. The van der Waals surface area contributed by atoms with E-state index in [9.17, 15) is 0 Å². The van der Waals surface area contributed by atoms with E-state index in [0.717, 1.165) is 0 Å². The molecule has 0 aromatic carbocycles. The molecule has 0 spiro atoms. The lowest BCUT2D eigenvalue weighted by Crippen LogP contribution is -2.34. The number of hydrogen-bond acceptors (Lipinski definition) is 3. The molecule has 2 fully saturated rings. The molecule has 2 rings (SSSR count). The zero-order chi connectivity index (χ0) is 8.23. The van der Waals surface area contributed by atoms with Crippen LogP contribution < -0.4 is 0 Å². The Balaban J connectivity index is 1.80. The minimum atomic E-state index is 1.28. The molecule has 1 radical (unpaired) electrons. The van der Waals surface area contributed by atoms with Crippen LogP contribution in [0.25, 0.3) is 0 Å². The second-order valence-electron chi connectivity index (χ2n) is 3.34. The third-order valence-electron chi connectivity index (χ3n) is 2.43. The van der Waals surface area contributed by atoms with Gasteiger partial charge in [-0.3, -0.25) is 4.90 Å². The van der Waals surface area contributed by atoms with Crippen molar-refractivity contribution >= 4 is 23.5 Å². The molecule has 2 saturated heterocycles. The summed E-state index contributed by atoms with van der Waals surface area (Å²) in [4.78, 5) is 2.61. The highest BCUT2D eigenvalue weighted by Crippen LogP contribution is 2.34. The van der Waals surface area contributed by atoms with Gasteiger partial charge in [-0.15, -0.1) is 11.8 Å². The van der Waals surface area contributed by atoms with Crippen molar-refractivity contribution in [2.75, 3.05) is 30.3 Å². The van der Waals surface area contributed by atoms with Gasteiger partial charge >= 0.3 is 0 Å². The Morgan fingerprint density at radius 1 is 1.00 bits per heavy atom. The van der Waals surface area contributed by atoms with Crippen LogP contribution in [0.4, 0.5) is 0 Å². The molecule has 0 bridgehead atoms. The number of hydrogen-bond donors (Lipinski definition) is 0. The molecule has 0 N–H and O–H groups in total. The van der Waals surface area contributed by atoms with Gasteiger partial charge in [-0.05, 0) is 25.9 Å². The molecule has 0 aromatic rings. The van der Waals surface area contributed by atoms with Crippen LogP contribution >= 0.6 is 23.5 Å². The molecular weight excluding hydrogens is 186 g/mol. The molecule has 2 aliphatic heterocycles. The summed E-state index contributed by atoms with van der Waals surface area (Å²) < 4.78 is 0. The summed E-state index contributed by atoms with van der Waals surface area (Å²) in [7, 11) is 0. The van der Waals surface area contributed by atoms with Gasteiger partial charge < -0.3 is 0 Å². The highest BCUT2D eigenvalue weighted by Gasteiger charge is 2.23. The van der Waals surface area contributed by atoms with Crippen LogP contribution in [0, 0.1) is 5.37 Å². The standard InChI is InChI=1S/C9H16NS2/c1-2-4-10(5-3-1)9-8-11-6-7-12-9/h1-8H2. The maximum atomic E-state index is 2.61. The van der Waals surface area contributed by atoms with E-state index >= 15 is 0 Å². The van der Waals surface area contributed by atoms with Gasteiger partial charge in [-0.25, -0.2) is 0 Å². The Kier molecular flexibility index (Phi) is 3.67. The highest BCUT2D eigenvalue weighted by atomic mass is 32.2. The van der Waals surface area contributed by atoms with Crippen LogP contribution in [-0.4, -0.2) is 35.2 Å². The van der Waals surface area contributed by atoms with Gasteiger partial charge in [0.15, 0.2) is 0 Å². The fraction of sp³-hybridized carbons (Fsp3) is 0.889. The second kappa shape index (κ2) is 4.77. The number of likely N-dealkylation sites (tertiary alicyclic amines) is 1. The molecule has 3 heteroatoms. The van der Waals surface area contributed by atoms with Gasteiger partial charge in [-0.2, -0.15) is 11.8 Å². The van der Waals surface area contributed by atoms with Gasteiger partial charge in [0.05, 0.1) is 0 Å². The quantitative estimate of drug-likeness (QED) is 0.643. The molecule has 1 nitrogen and oxygen atoms in total. The van der Waals surface area contributed by atoms with Crippen molar-refractivity contribution in [3.63, 3.8) is 0 Å². The average molecular weight is 202 g/mol. The van der Waals surface area contributed by atoms with Gasteiger partial charge in [0.1, 0.15) is 5.37 Å². The summed E-state index contributed by atoms with van der Waals surface area (Å²) >= 11 is 4.19. The summed E-state index contributed by atoms with van der Waals surface area (Å²) in [6, 6.07) is 0. The number of rotatable bonds is 1. The molecule has 69 valence electrons. The summed E-state index contributed by atoms with van der Waals surface area (Å²) in [6.45, 7) is 2.64. The predicted octanol–water partition coefficient (Wildman–Crippen LogP) is 2.44. The maximum absolute atomic E-state index is 2.61. The second-order valence-corrected chi connectivity index (χ2v) is 5.62. The van der Waals surface area contributed by atoms with Crippen molar-refractivity contribution in [3.8, 4) is 0 Å². The molecule has 0 saturated carbocycles. The van der Waals surface area contributed by atoms with Crippen molar-refractivity contribution in [3.05, 3.63) is 5.37 Å². The molecule has 12 heavy (non-hydrogen) atoms. The molecule has 0 unspecified atom stereocenters. The Morgan fingerprint density at radius 2 is 1.83 bits per heavy atom. The third-order valence-corrected chi connectivity index (χ3v) is 4.99. The van der Waals surface area contributed by atoms with E-state index in [1.54, 1.807) is 5.37 Å². The normalized spacial score (nSPS) is 29.0. The third kappa shape index (κ3) is 2.33. The van der Waals surface area contributed by atoms with Crippen molar-refractivity contribution in [2.24, 2.45) is 0 Å². The molecule has 2 heterocycles. The number of thioether (sulfide) groups is 2. The van der Waals surface area contributed by atoms with Crippen molar-refractivity contribution in [1.29, 1.82) is 0 Å². The maximum Gasteiger partial charge on any atom is 0.105 e. The van der Waals surface area contributed by atoms with E-state index in [1.165, 1.54) is 49.6 Å². The zero-order valence-electron chi connectivity index (χ0n) is 7.42. The van der Waals surface area contributed by atoms with Gasteiger partial charge in [-0.1, -0.05) is 6.42 Å². The first-order valence-electron chi connectivity index (χ1n) is 4.78. The zero-order valence-corrected chi connectivity index (χ0v) is 9.05. The first kappa shape index (κ1) is 9.22. The van der Waals surface area contributed by atoms with E-state index in [1.807, 2.05) is 0 Å². The predicted molar refractivity (Wildman–Crippen MR) is 58.5 cm³/mol. The Hall–Kier alpha value is 0.660. The van der Waals surface area contributed by atoms with Crippen molar-refractivity contribution < 1.29 is 0 Å². The van der Waals surface area contributed by atoms with E-state index in [0.29, 0.717) is 0 Å². The fourth-order valence-corrected chi connectivity index (χ4v) is 4.24. The largest absolute Gasteiger partial charge is 0.286 e. The lowest BCUT2D eigenvalue weighted by Gasteiger charge is -2.34. The summed E-state index contributed by atoms with van der Waals surface area (Å²) in [6.07, 6.45) is 4.27. The molecule has 0 aromatic heterocycles. The first-order chi connectivity index (χ1) is 5.97. The molecule has 0 aliphatic carbocycles. The molecule has 0 amide bonds. The monoisotopic (exact) mass is 202 g/mol. The Labute approximate surface area is 83.7 Å². The molecule has 2 aliphatic rings. The minimum absolute atomic E-state index is 1.28. The van der Waals surface area contributed by atoms with Crippen LogP contribution in [0.3, 0.4) is 0 Å². The van der Waals surface area contributed by atoms with Crippen molar-refractivity contribution in [2.45, 2.75) is 19.3 Å². The van der Waals surface area contributed by atoms with E-state index in [4.69, 9.17) is 0 Å². The fourth-order valence-electron chi connectivity index (χ4n) is 1.75. The number of piperidine rings is 1. The Bertz CT molecular complexity index is 112. The van der Waals surface area contributed by atoms with Gasteiger partial charge in [0.2, 0.25) is 0 Å². The summed E-state index contributed by atoms with van der Waals surface area (Å²) in [5, 5.41) is 1.66. The topological polar surface area (TPSA) is 3.24 Å². The lowest BCUT2D eigenvalue weighted by atomic mass is 10.1. The average Bonchev–Trinajstić information content (AvgIpc) is 2.21. The minimum Gasteiger partial charge on any atom is -0.286 e. The smallest absolute Gasteiger partial charge is 0.105 e. The van der Waals surface area contributed by atoms with Gasteiger partial charge in [0.25, 0.3) is 0 Å². The van der Waals surface area contributed by atoms with Crippen LogP contribution in [0.15, 0.2) is 0 Å². The number of nitrogens with zero attached hydrogens (tertiary/aromatic N) is 1. The summed E-state index contributed by atoms with van der Waals surface area (Å²) in [5.74, 6) is 3.96. The van der Waals surface area contributed by atoms with E-state index < -0.39 is 0 Å². The lowest BCUT2D eigenvalue weighted by molar-refractivity contribution is 0.271. The van der Waals surface area contributed by atoms with Crippen LogP contribution in [0.2, 0.25) is 0 Å². The summed E-state index contributed by atoms with van der Waals surface area (Å²) in [5.41, 5.74) is 0. The van der Waals surface area contributed by atoms with Crippen molar-refractivity contribution in [1.82, 2.24) is 4.90 Å². The SMILES string of the molecule is C1CCN([C]2CSCCS2)CC1. The highest BCUT2D eigenvalue weighted by molar-refractivity contribution is 8.08.